The first-order valence-corrected chi connectivity index (χ1v) is 10.6. The predicted octanol–water partition coefficient (Wildman–Crippen LogP) is 5.81. The van der Waals surface area contributed by atoms with Crippen LogP contribution in [0.5, 0.6) is 0 Å². The molecular formula is C20H15BrF2N4O2S. The lowest BCUT2D eigenvalue weighted by atomic mass is 10.2. The van der Waals surface area contributed by atoms with Gasteiger partial charge in [-0.15, -0.1) is 0 Å². The fourth-order valence-electron chi connectivity index (χ4n) is 2.86. The van der Waals surface area contributed by atoms with Crippen molar-refractivity contribution in [2.45, 2.75) is 17.4 Å². The number of fused-ring (bicyclic) bond motifs is 1. The Morgan fingerprint density at radius 1 is 1.30 bits per heavy atom. The third kappa shape index (κ3) is 4.54. The van der Waals surface area contributed by atoms with Crippen LogP contribution in [-0.2, 0) is 12.8 Å². The summed E-state index contributed by atoms with van der Waals surface area (Å²) < 4.78 is 34.1. The summed E-state index contributed by atoms with van der Waals surface area (Å²) in [5.41, 5.74) is 1.95. The third-order valence-electron chi connectivity index (χ3n) is 4.19. The molecule has 0 fully saturated rings. The van der Waals surface area contributed by atoms with Crippen molar-refractivity contribution in [3.8, 4) is 0 Å². The zero-order valence-corrected chi connectivity index (χ0v) is 18.0. The molecule has 0 unspecified atom stereocenters. The maximum absolute atomic E-state index is 13.1. The van der Waals surface area contributed by atoms with E-state index in [0.717, 1.165) is 10.0 Å². The minimum Gasteiger partial charge on any atom is -0.431 e. The summed E-state index contributed by atoms with van der Waals surface area (Å²) in [5, 5.41) is 6.76. The van der Waals surface area contributed by atoms with Gasteiger partial charge >= 0.3 is 0 Å². The second kappa shape index (κ2) is 8.57. The van der Waals surface area contributed by atoms with Gasteiger partial charge in [-0.2, -0.15) is 5.10 Å². The van der Waals surface area contributed by atoms with E-state index in [2.05, 4.69) is 31.3 Å². The van der Waals surface area contributed by atoms with Crippen LogP contribution >= 0.6 is 27.7 Å². The van der Waals surface area contributed by atoms with E-state index in [1.165, 1.54) is 29.7 Å². The minimum atomic E-state index is -2.84. The van der Waals surface area contributed by atoms with Crippen LogP contribution in [0.1, 0.15) is 28.0 Å². The minimum absolute atomic E-state index is 0.169. The van der Waals surface area contributed by atoms with Crippen molar-refractivity contribution < 1.29 is 18.0 Å². The van der Waals surface area contributed by atoms with Crippen molar-refractivity contribution in [1.29, 1.82) is 0 Å². The van der Waals surface area contributed by atoms with Crippen LogP contribution < -0.4 is 5.32 Å². The molecule has 4 rings (SSSR count). The molecule has 0 aliphatic carbocycles. The Kier molecular flexibility index (Phi) is 5.87. The lowest BCUT2D eigenvalue weighted by Crippen LogP contribution is -2.13. The normalized spacial score (nSPS) is 11.4. The van der Waals surface area contributed by atoms with Crippen LogP contribution in [-0.4, -0.2) is 20.7 Å². The molecule has 0 aliphatic rings. The van der Waals surface area contributed by atoms with Gasteiger partial charge in [-0.05, 0) is 35.9 Å². The molecule has 0 atom stereocenters. The number of benzene rings is 2. The highest BCUT2D eigenvalue weighted by molar-refractivity contribution is 9.10. The Bertz CT molecular complexity index is 1220. The first-order valence-electron chi connectivity index (χ1n) is 8.80. The topological polar surface area (TPSA) is 73.0 Å². The summed E-state index contributed by atoms with van der Waals surface area (Å²) in [5.74, 6) is 0.0262. The highest BCUT2D eigenvalue weighted by Gasteiger charge is 2.23. The van der Waals surface area contributed by atoms with E-state index in [9.17, 15) is 13.6 Å². The summed E-state index contributed by atoms with van der Waals surface area (Å²) in [6.07, 6.45) is -1.57. The fraction of sp³-hybridized carbons (Fsp3) is 0.150. The van der Waals surface area contributed by atoms with Gasteiger partial charge in [0.05, 0.1) is 5.56 Å². The van der Waals surface area contributed by atoms with Crippen molar-refractivity contribution in [2.75, 3.05) is 5.32 Å². The van der Waals surface area contributed by atoms with E-state index < -0.39 is 18.0 Å². The molecule has 2 aromatic carbocycles. The van der Waals surface area contributed by atoms with E-state index >= 15 is 0 Å². The molecule has 10 heteroatoms. The number of aryl methyl sites for hydroxylation is 1. The van der Waals surface area contributed by atoms with Crippen LogP contribution in [0.2, 0.25) is 0 Å². The van der Waals surface area contributed by atoms with Gasteiger partial charge in [0.1, 0.15) is 11.2 Å². The number of rotatable bonds is 6. The molecule has 1 N–H and O–H groups in total. The summed E-state index contributed by atoms with van der Waals surface area (Å²) in [4.78, 5) is 16.9. The smallest absolute Gasteiger partial charge is 0.282 e. The van der Waals surface area contributed by atoms with Crippen LogP contribution in [0, 0.1) is 0 Å². The zero-order chi connectivity index (χ0) is 21.3. The highest BCUT2D eigenvalue weighted by Crippen LogP contribution is 2.29. The summed E-state index contributed by atoms with van der Waals surface area (Å²) in [6.45, 7) is 0. The first-order chi connectivity index (χ1) is 14.4. The lowest BCUT2D eigenvalue weighted by Gasteiger charge is -2.04. The Morgan fingerprint density at radius 3 is 2.90 bits per heavy atom. The molecule has 2 aromatic heterocycles. The summed E-state index contributed by atoms with van der Waals surface area (Å²) in [6, 6.07) is 12.9. The second-order valence-electron chi connectivity index (χ2n) is 6.44. The van der Waals surface area contributed by atoms with Crippen molar-refractivity contribution in [2.24, 2.45) is 7.05 Å². The quantitative estimate of drug-likeness (QED) is 0.344. The number of carbonyl (C=O) groups is 1. The fourth-order valence-corrected chi connectivity index (χ4v) is 4.09. The number of carbonyl (C=O) groups excluding carboxylic acids is 1. The Labute approximate surface area is 182 Å². The lowest BCUT2D eigenvalue weighted by molar-refractivity contribution is 0.101. The number of thioether (sulfide) groups is 1. The number of aromatic nitrogens is 3. The van der Waals surface area contributed by atoms with Gasteiger partial charge in [-0.3, -0.25) is 9.48 Å². The molecule has 30 heavy (non-hydrogen) atoms. The van der Waals surface area contributed by atoms with E-state index in [0.29, 0.717) is 27.8 Å². The molecule has 0 spiro atoms. The monoisotopic (exact) mass is 492 g/mol. The largest absolute Gasteiger partial charge is 0.431 e. The van der Waals surface area contributed by atoms with Crippen LogP contribution in [0.3, 0.4) is 0 Å². The second-order valence-corrected chi connectivity index (χ2v) is 8.28. The molecule has 1 amide bonds. The van der Waals surface area contributed by atoms with E-state index in [4.69, 9.17) is 4.42 Å². The van der Waals surface area contributed by atoms with Gasteiger partial charge in [-0.25, -0.2) is 13.8 Å². The van der Waals surface area contributed by atoms with E-state index in [1.54, 1.807) is 18.2 Å². The number of hydrogen-bond acceptors (Lipinski definition) is 5. The van der Waals surface area contributed by atoms with Crippen molar-refractivity contribution >= 4 is 50.4 Å². The first kappa shape index (κ1) is 20.5. The number of amides is 1. The van der Waals surface area contributed by atoms with E-state index in [-0.39, 0.29) is 5.56 Å². The van der Waals surface area contributed by atoms with Crippen molar-refractivity contribution in [1.82, 2.24) is 14.8 Å². The standard InChI is InChI=1S/C20H15BrF2N4O2S/c1-27-9-14(17(26-27)18(22)23)19(28)24-13-5-6-16-15(8-13)25-20(29-16)30-10-11-3-2-4-12(21)7-11/h2-9,18H,10H2,1H3,(H,24,28). The van der Waals surface area contributed by atoms with Gasteiger partial charge in [0.2, 0.25) is 0 Å². The molecule has 0 bridgehead atoms. The molecule has 6 nitrogen and oxygen atoms in total. The van der Waals surface area contributed by atoms with Crippen LogP contribution in [0.25, 0.3) is 11.1 Å². The molecule has 0 radical (unpaired) electrons. The van der Waals surface area contributed by atoms with Crippen LogP contribution in [0.15, 0.2) is 62.8 Å². The number of anilines is 1. The number of nitrogens with zero attached hydrogens (tertiary/aromatic N) is 3. The Morgan fingerprint density at radius 2 is 2.13 bits per heavy atom. The summed E-state index contributed by atoms with van der Waals surface area (Å²) >= 11 is 4.90. The highest BCUT2D eigenvalue weighted by atomic mass is 79.9. The molecular weight excluding hydrogens is 478 g/mol. The molecule has 0 aliphatic heterocycles. The van der Waals surface area contributed by atoms with Gasteiger partial charge in [0.25, 0.3) is 17.6 Å². The number of nitrogens with one attached hydrogen (secondary N) is 1. The molecule has 2 heterocycles. The summed E-state index contributed by atoms with van der Waals surface area (Å²) in [7, 11) is 1.48. The Balaban J connectivity index is 1.49. The molecule has 0 saturated heterocycles. The Hall–Kier alpha value is -2.72. The number of halogens is 3. The van der Waals surface area contributed by atoms with Crippen molar-refractivity contribution in [3.63, 3.8) is 0 Å². The average Bonchev–Trinajstić information content (AvgIpc) is 3.29. The molecule has 4 aromatic rings. The van der Waals surface area contributed by atoms with Gasteiger partial charge in [0.15, 0.2) is 5.58 Å². The van der Waals surface area contributed by atoms with Gasteiger partial charge in [-0.1, -0.05) is 39.8 Å². The zero-order valence-electron chi connectivity index (χ0n) is 15.6. The SMILES string of the molecule is Cn1cc(C(=O)Nc2ccc3oc(SCc4cccc(Br)c4)nc3c2)c(C(F)F)n1. The van der Waals surface area contributed by atoms with Crippen LogP contribution in [0.4, 0.5) is 14.5 Å². The van der Waals surface area contributed by atoms with Gasteiger partial charge in [0, 0.05) is 29.2 Å². The van der Waals surface area contributed by atoms with Gasteiger partial charge < -0.3 is 9.73 Å². The average molecular weight is 493 g/mol. The number of hydrogen-bond donors (Lipinski definition) is 1. The van der Waals surface area contributed by atoms with E-state index in [1.807, 2.05) is 24.3 Å². The number of alkyl halides is 2. The maximum Gasteiger partial charge on any atom is 0.282 e. The molecule has 0 saturated carbocycles. The molecule has 154 valence electrons. The third-order valence-corrected chi connectivity index (χ3v) is 5.58. The maximum atomic E-state index is 13.1. The van der Waals surface area contributed by atoms with Crippen molar-refractivity contribution in [3.05, 3.63) is 70.0 Å². The predicted molar refractivity (Wildman–Crippen MR) is 114 cm³/mol. The number of oxazole rings is 1.